The van der Waals surface area contributed by atoms with E-state index in [0.29, 0.717) is 9.70 Å². The Hall–Kier alpha value is -0.480. The maximum Gasteiger partial charge on any atom is 0.245 e. The van der Waals surface area contributed by atoms with Gasteiger partial charge in [-0.3, -0.25) is 0 Å². The molecule has 0 aliphatic carbocycles. The Bertz CT molecular complexity index is 183. The normalized spacial score (nSPS) is 23.4. The summed E-state index contributed by atoms with van der Waals surface area (Å²) >= 11 is 4.83. The number of thiocarbonyl (C=S) groups is 1. The third kappa shape index (κ3) is 1.09. The molecular weight excluding hydrogens is 134 g/mol. The zero-order valence-corrected chi connectivity index (χ0v) is 6.62. The molecule has 0 unspecified atom stereocenters. The quantitative estimate of drug-likeness (QED) is 0.390. The molecule has 0 amide bonds. The van der Waals surface area contributed by atoms with Crippen LogP contribution in [0.15, 0.2) is 4.99 Å². The van der Waals surface area contributed by atoms with Crippen LogP contribution in [0.25, 0.3) is 0 Å². The van der Waals surface area contributed by atoms with E-state index in [4.69, 9.17) is 12.2 Å². The van der Waals surface area contributed by atoms with E-state index in [0.717, 1.165) is 5.84 Å². The molecule has 0 aromatic carbocycles. The van der Waals surface area contributed by atoms with Gasteiger partial charge in [-0.05, 0) is 12.2 Å². The van der Waals surface area contributed by atoms with Crippen molar-refractivity contribution < 1.29 is 4.59 Å². The number of quaternary nitrogens is 1. The van der Waals surface area contributed by atoms with Gasteiger partial charge >= 0.3 is 0 Å². The number of aliphatic imine (C=N–C) groups is 1. The lowest BCUT2D eigenvalue weighted by molar-refractivity contribution is -0.832. The zero-order valence-electron chi connectivity index (χ0n) is 5.80. The topological polar surface area (TPSA) is 24.4 Å². The highest BCUT2D eigenvalue weighted by Gasteiger charge is 2.27. The molecule has 0 bridgehead atoms. The minimum atomic E-state index is 0.581. The van der Waals surface area contributed by atoms with Gasteiger partial charge in [0.15, 0.2) is 0 Å². The summed E-state index contributed by atoms with van der Waals surface area (Å²) in [4.78, 5) is 4.05. The molecule has 0 fully saturated rings. The van der Waals surface area contributed by atoms with E-state index < -0.39 is 0 Å². The molecule has 0 saturated heterocycles. The molecular formula is C5H10N3S+. The second-order valence-electron chi connectivity index (χ2n) is 2.53. The van der Waals surface area contributed by atoms with Crippen molar-refractivity contribution in [2.45, 2.75) is 6.92 Å². The van der Waals surface area contributed by atoms with Crippen molar-refractivity contribution in [3.63, 3.8) is 0 Å². The van der Waals surface area contributed by atoms with Crippen LogP contribution in [0, 0.1) is 0 Å². The van der Waals surface area contributed by atoms with E-state index in [1.807, 2.05) is 21.0 Å². The SMILES string of the molecule is CC1=NC(=S)N[N+]1(C)C. The Labute approximate surface area is 59.9 Å². The van der Waals surface area contributed by atoms with Gasteiger partial charge in [0, 0.05) is 6.92 Å². The minimum Gasteiger partial charge on any atom is -0.201 e. The number of amidine groups is 1. The lowest BCUT2D eigenvalue weighted by Crippen LogP contribution is -2.51. The first-order valence-corrected chi connectivity index (χ1v) is 3.15. The molecule has 9 heavy (non-hydrogen) atoms. The summed E-state index contributed by atoms with van der Waals surface area (Å²) in [5, 5.41) is 0.581. The highest BCUT2D eigenvalue weighted by Crippen LogP contribution is 2.02. The number of hydrogen-bond donors (Lipinski definition) is 1. The summed E-state index contributed by atoms with van der Waals surface area (Å²) in [7, 11) is 4.00. The molecule has 4 heteroatoms. The van der Waals surface area contributed by atoms with Gasteiger partial charge in [0.05, 0.1) is 14.1 Å². The van der Waals surface area contributed by atoms with E-state index in [-0.39, 0.29) is 0 Å². The average Bonchev–Trinajstić information content (AvgIpc) is 1.79. The minimum absolute atomic E-state index is 0.581. The second kappa shape index (κ2) is 1.75. The molecule has 0 aromatic heterocycles. The fourth-order valence-electron chi connectivity index (χ4n) is 0.617. The van der Waals surface area contributed by atoms with Gasteiger partial charge in [0.1, 0.15) is 0 Å². The summed E-state index contributed by atoms with van der Waals surface area (Å²) < 4.78 is 0.582. The number of nitrogens with one attached hydrogen (secondary N) is 1. The van der Waals surface area contributed by atoms with E-state index in [1.165, 1.54) is 0 Å². The monoisotopic (exact) mass is 144 g/mol. The second-order valence-corrected chi connectivity index (χ2v) is 2.92. The van der Waals surface area contributed by atoms with Crippen LogP contribution in [0.5, 0.6) is 0 Å². The maximum atomic E-state index is 4.83. The lowest BCUT2D eigenvalue weighted by Gasteiger charge is -2.20. The first-order chi connectivity index (χ1) is 4.02. The smallest absolute Gasteiger partial charge is 0.201 e. The standard InChI is InChI=1S/C5H9N3S/c1-4-6-5(9)7-8(4,2)3/h1-3H3/p+1. The van der Waals surface area contributed by atoms with Crippen LogP contribution < -0.4 is 5.43 Å². The Kier molecular flexibility index (Phi) is 1.29. The Morgan fingerprint density at radius 2 is 2.11 bits per heavy atom. The van der Waals surface area contributed by atoms with E-state index >= 15 is 0 Å². The van der Waals surface area contributed by atoms with Crippen LogP contribution in [0.2, 0.25) is 0 Å². The first-order valence-electron chi connectivity index (χ1n) is 2.74. The van der Waals surface area contributed by atoms with E-state index in [1.54, 1.807) is 0 Å². The third-order valence-electron chi connectivity index (χ3n) is 1.45. The van der Waals surface area contributed by atoms with Crippen molar-refractivity contribution in [3.05, 3.63) is 0 Å². The first kappa shape index (κ1) is 6.64. The summed E-state index contributed by atoms with van der Waals surface area (Å²) in [5.74, 6) is 1.00. The number of nitrogens with zero attached hydrogens (tertiary/aromatic N) is 2. The Balaban J connectivity index is 2.89. The molecule has 1 aliphatic rings. The average molecular weight is 144 g/mol. The molecule has 1 heterocycles. The van der Waals surface area contributed by atoms with Crippen LogP contribution in [0.4, 0.5) is 0 Å². The van der Waals surface area contributed by atoms with E-state index in [2.05, 4.69) is 10.4 Å². The van der Waals surface area contributed by atoms with Crippen molar-refractivity contribution in [1.82, 2.24) is 5.43 Å². The predicted octanol–water partition coefficient (Wildman–Crippen LogP) is 0.284. The summed E-state index contributed by atoms with van der Waals surface area (Å²) in [5.41, 5.74) is 3.01. The van der Waals surface area contributed by atoms with Gasteiger partial charge < -0.3 is 0 Å². The molecule has 1 aliphatic heterocycles. The van der Waals surface area contributed by atoms with Crippen molar-refractivity contribution in [1.29, 1.82) is 0 Å². The van der Waals surface area contributed by atoms with Gasteiger partial charge in [-0.2, -0.15) is 9.58 Å². The summed E-state index contributed by atoms with van der Waals surface area (Å²) in [6.45, 7) is 1.95. The molecule has 50 valence electrons. The highest BCUT2D eigenvalue weighted by molar-refractivity contribution is 7.80. The fourth-order valence-corrected chi connectivity index (χ4v) is 0.977. The lowest BCUT2D eigenvalue weighted by atomic mass is 10.6. The number of rotatable bonds is 0. The molecule has 1 N–H and O–H groups in total. The van der Waals surface area contributed by atoms with Crippen LogP contribution in [-0.2, 0) is 0 Å². The predicted molar refractivity (Wildman–Crippen MR) is 41.0 cm³/mol. The molecule has 0 aromatic rings. The molecule has 0 atom stereocenters. The van der Waals surface area contributed by atoms with Crippen molar-refractivity contribution in [3.8, 4) is 0 Å². The van der Waals surface area contributed by atoms with Gasteiger partial charge in [-0.15, -0.1) is 0 Å². The largest absolute Gasteiger partial charge is 0.245 e. The van der Waals surface area contributed by atoms with Crippen molar-refractivity contribution in [2.75, 3.05) is 14.1 Å². The summed E-state index contributed by atoms with van der Waals surface area (Å²) in [6, 6.07) is 0. The van der Waals surface area contributed by atoms with Gasteiger partial charge in [-0.1, -0.05) is 0 Å². The Morgan fingerprint density at radius 1 is 1.56 bits per heavy atom. The van der Waals surface area contributed by atoms with Crippen molar-refractivity contribution >= 4 is 23.2 Å². The molecule has 0 spiro atoms. The highest BCUT2D eigenvalue weighted by atomic mass is 32.1. The van der Waals surface area contributed by atoms with Crippen LogP contribution in [0.3, 0.4) is 0 Å². The van der Waals surface area contributed by atoms with Gasteiger partial charge in [0.2, 0.25) is 10.9 Å². The maximum absolute atomic E-state index is 4.83. The molecule has 0 saturated carbocycles. The van der Waals surface area contributed by atoms with Crippen molar-refractivity contribution in [2.24, 2.45) is 4.99 Å². The fraction of sp³-hybridized carbons (Fsp3) is 0.600. The third-order valence-corrected chi connectivity index (χ3v) is 1.63. The summed E-state index contributed by atoms with van der Waals surface area (Å²) in [6.07, 6.45) is 0. The molecule has 3 nitrogen and oxygen atoms in total. The Morgan fingerprint density at radius 3 is 2.22 bits per heavy atom. The van der Waals surface area contributed by atoms with Crippen LogP contribution in [0.1, 0.15) is 6.92 Å². The molecule has 0 radical (unpaired) electrons. The zero-order chi connectivity index (χ0) is 7.07. The van der Waals surface area contributed by atoms with Gasteiger partial charge in [-0.25, -0.2) is 5.43 Å². The van der Waals surface area contributed by atoms with Crippen LogP contribution in [-0.4, -0.2) is 29.6 Å². The van der Waals surface area contributed by atoms with Gasteiger partial charge in [0.25, 0.3) is 0 Å². The van der Waals surface area contributed by atoms with E-state index in [9.17, 15) is 0 Å². The van der Waals surface area contributed by atoms with Crippen LogP contribution >= 0.6 is 12.2 Å². The molecule has 1 rings (SSSR count). The number of hydrogen-bond acceptors (Lipinski definition) is 1.